The second kappa shape index (κ2) is 9.01. The van der Waals surface area contributed by atoms with Gasteiger partial charge in [0.15, 0.2) is 5.11 Å². The molecule has 4 N–H and O–H groups in total. The number of nitrogens with one attached hydrogen (secondary N) is 4. The van der Waals surface area contributed by atoms with Crippen LogP contribution in [-0.2, 0) is 0 Å². The molecule has 0 spiro atoms. The first-order valence-electron chi connectivity index (χ1n) is 10.2. The monoisotopic (exact) mass is 515 g/mol. The number of nitrogens with zero attached hydrogens (tertiary/aromatic N) is 1. The van der Waals surface area contributed by atoms with Crippen LogP contribution in [0.2, 0.25) is 0 Å². The number of aromatic nitrogens is 2. The Kier molecular flexibility index (Phi) is 5.77. The number of benzene rings is 3. The third-order valence-corrected chi connectivity index (χ3v) is 6.08. The smallest absolute Gasteiger partial charge is 0.288 e. The number of H-pyrrole nitrogens is 1. The number of para-hydroxylation sites is 2. The maximum absolute atomic E-state index is 13.0. The fourth-order valence-corrected chi connectivity index (χ4v) is 4.21. The van der Waals surface area contributed by atoms with Crippen LogP contribution in [-0.4, -0.2) is 21.0 Å². The van der Waals surface area contributed by atoms with Crippen molar-refractivity contribution in [2.45, 2.75) is 0 Å². The van der Waals surface area contributed by atoms with E-state index in [2.05, 4.69) is 42.1 Å². The van der Waals surface area contributed by atoms with Crippen LogP contribution < -0.4 is 16.2 Å². The molecular formula is C25H18BrN5OS. The Morgan fingerprint density at radius 3 is 2.42 bits per heavy atom. The van der Waals surface area contributed by atoms with Crippen LogP contribution in [0.25, 0.3) is 33.1 Å². The Balaban J connectivity index is 1.46. The highest BCUT2D eigenvalue weighted by atomic mass is 79.9. The molecule has 6 nitrogen and oxygen atoms in total. The van der Waals surface area contributed by atoms with Gasteiger partial charge in [0, 0.05) is 26.3 Å². The first-order valence-corrected chi connectivity index (χ1v) is 11.4. The molecule has 8 heteroatoms. The molecule has 5 rings (SSSR count). The number of aromatic amines is 1. The summed E-state index contributed by atoms with van der Waals surface area (Å²) < 4.78 is 0.861. The predicted molar refractivity (Wildman–Crippen MR) is 140 cm³/mol. The Morgan fingerprint density at radius 1 is 0.879 bits per heavy atom. The van der Waals surface area contributed by atoms with Gasteiger partial charge in [0.25, 0.3) is 5.91 Å². The maximum atomic E-state index is 13.0. The van der Waals surface area contributed by atoms with Crippen LogP contribution in [0.15, 0.2) is 89.4 Å². The average molecular weight is 516 g/mol. The average Bonchev–Trinajstić information content (AvgIpc) is 3.22. The topological polar surface area (TPSA) is 81.8 Å². The van der Waals surface area contributed by atoms with Crippen LogP contribution in [0.3, 0.4) is 0 Å². The molecule has 0 saturated carbocycles. The minimum absolute atomic E-state index is 0.256. The van der Waals surface area contributed by atoms with Crippen molar-refractivity contribution in [3.63, 3.8) is 0 Å². The number of anilines is 1. The summed E-state index contributed by atoms with van der Waals surface area (Å²) in [6, 6.07) is 27.2. The van der Waals surface area contributed by atoms with E-state index in [1.807, 2.05) is 78.9 Å². The maximum Gasteiger partial charge on any atom is 0.288 e. The Labute approximate surface area is 203 Å². The SMILES string of the molecule is O=C(NNC(=S)Nc1ccccc1Br)c1cc2c([nH]c3ccccc32)c(-c2ccccc2)n1. The molecule has 0 saturated heterocycles. The number of carbonyl (C=O) groups is 1. The lowest BCUT2D eigenvalue weighted by molar-refractivity contribution is 0.0939. The molecule has 0 aliphatic carbocycles. The number of hydrogen-bond acceptors (Lipinski definition) is 3. The molecule has 3 aromatic carbocycles. The summed E-state index contributed by atoms with van der Waals surface area (Å²) in [6.45, 7) is 0. The zero-order valence-electron chi connectivity index (χ0n) is 17.2. The lowest BCUT2D eigenvalue weighted by Crippen LogP contribution is -2.44. The highest BCUT2D eigenvalue weighted by Crippen LogP contribution is 2.32. The van der Waals surface area contributed by atoms with Gasteiger partial charge in [-0.3, -0.25) is 15.6 Å². The second-order valence-corrected chi connectivity index (χ2v) is 8.59. The van der Waals surface area contributed by atoms with E-state index in [9.17, 15) is 4.79 Å². The molecule has 0 radical (unpaired) electrons. The third-order valence-electron chi connectivity index (χ3n) is 5.19. The second-order valence-electron chi connectivity index (χ2n) is 7.33. The minimum Gasteiger partial charge on any atom is -0.353 e. The van der Waals surface area contributed by atoms with Crippen molar-refractivity contribution in [2.75, 3.05) is 5.32 Å². The summed E-state index contributed by atoms with van der Waals surface area (Å²) >= 11 is 8.77. The Hall–Kier alpha value is -3.75. The summed E-state index contributed by atoms with van der Waals surface area (Å²) in [7, 11) is 0. The van der Waals surface area contributed by atoms with Gasteiger partial charge in [-0.15, -0.1) is 0 Å². The van der Waals surface area contributed by atoms with Gasteiger partial charge in [-0.05, 0) is 52.4 Å². The van der Waals surface area contributed by atoms with E-state index in [0.717, 1.165) is 37.5 Å². The molecule has 2 aromatic heterocycles. The highest BCUT2D eigenvalue weighted by Gasteiger charge is 2.17. The molecular weight excluding hydrogens is 498 g/mol. The van der Waals surface area contributed by atoms with Gasteiger partial charge in [0.1, 0.15) is 5.69 Å². The van der Waals surface area contributed by atoms with Gasteiger partial charge in [0.05, 0.1) is 16.9 Å². The van der Waals surface area contributed by atoms with Crippen molar-refractivity contribution in [1.82, 2.24) is 20.8 Å². The summed E-state index contributed by atoms with van der Waals surface area (Å²) in [5.74, 6) is -0.393. The standard InChI is InChI=1S/C25H18BrN5OS/c26-18-11-5-7-13-20(18)29-25(33)31-30-24(32)21-14-17-16-10-4-6-12-19(16)27-23(17)22(28-21)15-8-2-1-3-9-15/h1-14,27H,(H,30,32)(H2,29,31,33). The van der Waals surface area contributed by atoms with Crippen LogP contribution in [0.5, 0.6) is 0 Å². The molecule has 162 valence electrons. The number of halogens is 1. The number of hydrazine groups is 1. The fraction of sp³-hybridized carbons (Fsp3) is 0. The first-order chi connectivity index (χ1) is 16.1. The van der Waals surface area contributed by atoms with E-state index in [1.165, 1.54) is 0 Å². The molecule has 0 bridgehead atoms. The minimum atomic E-state index is -0.393. The van der Waals surface area contributed by atoms with Crippen LogP contribution >= 0.6 is 28.1 Å². The van der Waals surface area contributed by atoms with Gasteiger partial charge >= 0.3 is 0 Å². The fourth-order valence-electron chi connectivity index (χ4n) is 3.66. The highest BCUT2D eigenvalue weighted by molar-refractivity contribution is 9.10. The van der Waals surface area contributed by atoms with Crippen molar-refractivity contribution in [2.24, 2.45) is 0 Å². The molecule has 0 aliphatic heterocycles. The Morgan fingerprint density at radius 2 is 1.61 bits per heavy atom. The van der Waals surface area contributed by atoms with E-state index < -0.39 is 5.91 Å². The van der Waals surface area contributed by atoms with E-state index >= 15 is 0 Å². The molecule has 2 heterocycles. The lowest BCUT2D eigenvalue weighted by Gasteiger charge is -2.13. The van der Waals surface area contributed by atoms with Crippen LogP contribution in [0.4, 0.5) is 5.69 Å². The van der Waals surface area contributed by atoms with Crippen molar-refractivity contribution in [1.29, 1.82) is 0 Å². The number of amides is 1. The summed E-state index contributed by atoms with van der Waals surface area (Å²) in [6.07, 6.45) is 0. The first kappa shape index (κ1) is 21.1. The largest absolute Gasteiger partial charge is 0.353 e. The van der Waals surface area contributed by atoms with Crippen molar-refractivity contribution >= 4 is 66.7 Å². The normalized spacial score (nSPS) is 10.8. The van der Waals surface area contributed by atoms with Gasteiger partial charge in [0.2, 0.25) is 0 Å². The zero-order chi connectivity index (χ0) is 22.8. The molecule has 0 unspecified atom stereocenters. The predicted octanol–water partition coefficient (Wildman–Crippen LogP) is 5.78. The van der Waals surface area contributed by atoms with Gasteiger partial charge in [-0.25, -0.2) is 4.98 Å². The molecule has 33 heavy (non-hydrogen) atoms. The van der Waals surface area contributed by atoms with Gasteiger partial charge < -0.3 is 10.3 Å². The quantitative estimate of drug-likeness (QED) is 0.181. The van der Waals surface area contributed by atoms with E-state index in [1.54, 1.807) is 6.07 Å². The van der Waals surface area contributed by atoms with Crippen molar-refractivity contribution in [3.8, 4) is 11.3 Å². The van der Waals surface area contributed by atoms with E-state index in [4.69, 9.17) is 12.2 Å². The summed E-state index contributed by atoms with van der Waals surface area (Å²) in [4.78, 5) is 21.1. The summed E-state index contributed by atoms with van der Waals surface area (Å²) in [5.41, 5.74) is 9.96. The molecule has 1 amide bonds. The lowest BCUT2D eigenvalue weighted by atomic mass is 10.1. The van der Waals surface area contributed by atoms with Gasteiger partial charge in [-0.2, -0.15) is 0 Å². The molecule has 0 atom stereocenters. The van der Waals surface area contributed by atoms with Crippen LogP contribution in [0, 0.1) is 0 Å². The third kappa shape index (κ3) is 4.30. The Bertz CT molecular complexity index is 1500. The number of thiocarbonyl (C=S) groups is 1. The van der Waals surface area contributed by atoms with Crippen molar-refractivity contribution < 1.29 is 4.79 Å². The van der Waals surface area contributed by atoms with Crippen LogP contribution in [0.1, 0.15) is 10.5 Å². The number of pyridine rings is 1. The number of hydrogen-bond donors (Lipinski definition) is 4. The van der Waals surface area contributed by atoms with Gasteiger partial charge in [-0.1, -0.05) is 60.7 Å². The van der Waals surface area contributed by atoms with E-state index in [-0.39, 0.29) is 10.8 Å². The molecule has 0 aliphatic rings. The number of rotatable bonds is 3. The van der Waals surface area contributed by atoms with Crippen molar-refractivity contribution in [3.05, 3.63) is 95.1 Å². The molecule has 5 aromatic rings. The number of fused-ring (bicyclic) bond motifs is 3. The number of carbonyl (C=O) groups excluding carboxylic acids is 1. The van der Waals surface area contributed by atoms with E-state index in [0.29, 0.717) is 5.69 Å². The zero-order valence-corrected chi connectivity index (χ0v) is 19.6. The molecule has 0 fully saturated rings. The summed E-state index contributed by atoms with van der Waals surface area (Å²) in [5, 5.41) is 5.25.